The molecule has 20 heavy (non-hydrogen) atoms. The first-order chi connectivity index (χ1) is 9.65. The van der Waals surface area contributed by atoms with Crippen molar-refractivity contribution >= 4 is 0 Å². The summed E-state index contributed by atoms with van der Waals surface area (Å²) in [6.45, 7) is 11.1. The molecule has 0 amide bonds. The van der Waals surface area contributed by atoms with Crippen LogP contribution in [0.5, 0.6) is 0 Å². The Morgan fingerprint density at radius 2 is 2.15 bits per heavy atom. The number of nitrogens with one attached hydrogen (secondary N) is 1. The molecule has 0 saturated heterocycles. The first-order valence-electron chi connectivity index (χ1n) is 8.40. The Labute approximate surface area is 124 Å². The third-order valence-corrected chi connectivity index (χ3v) is 4.90. The van der Waals surface area contributed by atoms with E-state index >= 15 is 0 Å². The number of rotatable bonds is 6. The van der Waals surface area contributed by atoms with Gasteiger partial charge >= 0.3 is 0 Å². The first kappa shape index (κ1) is 15.6. The molecule has 2 rings (SSSR count). The fourth-order valence-corrected chi connectivity index (χ4v) is 3.61. The Morgan fingerprint density at radius 3 is 2.80 bits per heavy atom. The number of hydrogen-bond acceptors (Lipinski definition) is 2. The van der Waals surface area contributed by atoms with Crippen molar-refractivity contribution in [2.24, 2.45) is 11.8 Å². The molecule has 1 fully saturated rings. The maximum atomic E-state index is 4.49. The number of aryl methyl sites for hydroxylation is 1. The molecule has 0 bridgehead atoms. The molecule has 1 aliphatic carbocycles. The summed E-state index contributed by atoms with van der Waals surface area (Å²) in [5.74, 6) is 2.35. The summed E-state index contributed by atoms with van der Waals surface area (Å²) in [4.78, 5) is 0. The summed E-state index contributed by atoms with van der Waals surface area (Å²) in [6, 6.07) is 2.82. The van der Waals surface area contributed by atoms with Gasteiger partial charge in [-0.05, 0) is 44.2 Å². The lowest BCUT2D eigenvalue weighted by Crippen LogP contribution is -2.35. The minimum atomic E-state index is 0.579. The van der Waals surface area contributed by atoms with Gasteiger partial charge in [0.25, 0.3) is 0 Å². The fourth-order valence-electron chi connectivity index (χ4n) is 3.61. The summed E-state index contributed by atoms with van der Waals surface area (Å²) in [6.07, 6.45) is 7.39. The van der Waals surface area contributed by atoms with Crippen LogP contribution in [-0.4, -0.2) is 22.4 Å². The lowest BCUT2D eigenvalue weighted by atomic mass is 9.71. The third-order valence-electron chi connectivity index (χ3n) is 4.90. The van der Waals surface area contributed by atoms with Crippen LogP contribution in [0.15, 0.2) is 12.3 Å². The van der Waals surface area contributed by atoms with Gasteiger partial charge in [0, 0.05) is 30.4 Å². The van der Waals surface area contributed by atoms with E-state index in [-0.39, 0.29) is 0 Å². The Kier molecular flexibility index (Phi) is 5.64. The van der Waals surface area contributed by atoms with E-state index in [9.17, 15) is 0 Å². The maximum Gasteiger partial charge on any atom is 0.0492 e. The summed E-state index contributed by atoms with van der Waals surface area (Å²) in [5, 5.41) is 8.13. The smallest absolute Gasteiger partial charge is 0.0492 e. The largest absolute Gasteiger partial charge is 0.314 e. The van der Waals surface area contributed by atoms with Gasteiger partial charge in [-0.3, -0.25) is 4.68 Å². The molecule has 0 radical (unpaired) electrons. The molecular formula is C17H31N3. The van der Waals surface area contributed by atoms with Crippen molar-refractivity contribution in [1.29, 1.82) is 0 Å². The molecule has 1 saturated carbocycles. The SMILES string of the molecule is CCC1CCC(CNC(C)C)C(c2ccnn2CC)C1. The van der Waals surface area contributed by atoms with Crippen LogP contribution >= 0.6 is 0 Å². The quantitative estimate of drug-likeness (QED) is 0.857. The Morgan fingerprint density at radius 1 is 1.35 bits per heavy atom. The highest BCUT2D eigenvalue weighted by Gasteiger charge is 2.32. The zero-order chi connectivity index (χ0) is 14.5. The van der Waals surface area contributed by atoms with E-state index in [1.54, 1.807) is 0 Å². The highest BCUT2D eigenvalue weighted by atomic mass is 15.3. The van der Waals surface area contributed by atoms with Gasteiger partial charge < -0.3 is 5.32 Å². The van der Waals surface area contributed by atoms with Gasteiger partial charge in [-0.15, -0.1) is 0 Å². The molecular weight excluding hydrogens is 246 g/mol. The number of nitrogens with zero attached hydrogens (tertiary/aromatic N) is 2. The van der Waals surface area contributed by atoms with Gasteiger partial charge in [-0.2, -0.15) is 5.10 Å². The van der Waals surface area contributed by atoms with Gasteiger partial charge in [-0.1, -0.05) is 33.6 Å². The van der Waals surface area contributed by atoms with Crippen molar-refractivity contribution in [3.8, 4) is 0 Å². The average Bonchev–Trinajstić information content (AvgIpc) is 2.93. The first-order valence-corrected chi connectivity index (χ1v) is 8.40. The second-order valence-corrected chi connectivity index (χ2v) is 6.59. The van der Waals surface area contributed by atoms with Gasteiger partial charge in [0.15, 0.2) is 0 Å². The zero-order valence-corrected chi connectivity index (χ0v) is 13.6. The Bertz CT molecular complexity index is 397. The van der Waals surface area contributed by atoms with Crippen LogP contribution in [0.3, 0.4) is 0 Å². The fraction of sp³-hybridized carbons (Fsp3) is 0.824. The Hall–Kier alpha value is -0.830. The molecule has 1 N–H and O–H groups in total. The second kappa shape index (κ2) is 7.26. The van der Waals surface area contributed by atoms with Crippen LogP contribution in [0.2, 0.25) is 0 Å². The van der Waals surface area contributed by atoms with Crippen molar-refractivity contribution in [3.63, 3.8) is 0 Å². The molecule has 1 aromatic rings. The minimum Gasteiger partial charge on any atom is -0.314 e. The molecule has 0 spiro atoms. The van der Waals surface area contributed by atoms with E-state index in [0.29, 0.717) is 12.0 Å². The summed E-state index contributed by atoms with van der Waals surface area (Å²) >= 11 is 0. The molecule has 1 aromatic heterocycles. The van der Waals surface area contributed by atoms with Crippen LogP contribution in [0.1, 0.15) is 65.0 Å². The van der Waals surface area contributed by atoms with Crippen molar-refractivity contribution in [1.82, 2.24) is 15.1 Å². The number of hydrogen-bond donors (Lipinski definition) is 1. The van der Waals surface area contributed by atoms with Gasteiger partial charge in [-0.25, -0.2) is 0 Å². The monoisotopic (exact) mass is 277 g/mol. The highest BCUT2D eigenvalue weighted by Crippen LogP contribution is 2.41. The van der Waals surface area contributed by atoms with Gasteiger partial charge in [0.2, 0.25) is 0 Å². The molecule has 3 heteroatoms. The second-order valence-electron chi connectivity index (χ2n) is 6.59. The predicted octanol–water partition coefficient (Wildman–Crippen LogP) is 3.81. The molecule has 1 aliphatic rings. The van der Waals surface area contributed by atoms with E-state index in [1.165, 1.54) is 31.4 Å². The van der Waals surface area contributed by atoms with Crippen molar-refractivity contribution in [3.05, 3.63) is 18.0 Å². The lowest BCUT2D eigenvalue weighted by molar-refractivity contribution is 0.215. The highest BCUT2D eigenvalue weighted by molar-refractivity contribution is 5.11. The summed E-state index contributed by atoms with van der Waals surface area (Å²) in [5.41, 5.74) is 1.46. The molecule has 0 aliphatic heterocycles. The van der Waals surface area contributed by atoms with Gasteiger partial charge in [0.05, 0.1) is 0 Å². The molecule has 3 nitrogen and oxygen atoms in total. The maximum absolute atomic E-state index is 4.49. The average molecular weight is 277 g/mol. The molecule has 0 aromatic carbocycles. The zero-order valence-electron chi connectivity index (χ0n) is 13.6. The summed E-state index contributed by atoms with van der Waals surface area (Å²) in [7, 11) is 0. The van der Waals surface area contributed by atoms with Crippen LogP contribution in [0.4, 0.5) is 0 Å². The van der Waals surface area contributed by atoms with E-state index in [1.807, 2.05) is 6.20 Å². The normalized spacial score (nSPS) is 27.1. The third kappa shape index (κ3) is 3.63. The van der Waals surface area contributed by atoms with Crippen molar-refractivity contribution in [2.75, 3.05) is 6.54 Å². The Balaban J connectivity index is 2.13. The van der Waals surface area contributed by atoms with E-state index in [0.717, 1.165) is 24.9 Å². The topological polar surface area (TPSA) is 29.9 Å². The van der Waals surface area contributed by atoms with Crippen LogP contribution < -0.4 is 5.32 Å². The molecule has 3 atom stereocenters. The molecule has 1 heterocycles. The van der Waals surface area contributed by atoms with Gasteiger partial charge in [0.1, 0.15) is 0 Å². The van der Waals surface area contributed by atoms with E-state index in [4.69, 9.17) is 0 Å². The van der Waals surface area contributed by atoms with E-state index in [2.05, 4.69) is 48.9 Å². The lowest BCUT2D eigenvalue weighted by Gasteiger charge is -2.36. The summed E-state index contributed by atoms with van der Waals surface area (Å²) < 4.78 is 2.20. The van der Waals surface area contributed by atoms with Crippen LogP contribution in [-0.2, 0) is 6.54 Å². The molecule has 114 valence electrons. The standard InChI is InChI=1S/C17H31N3/c1-5-14-7-8-15(12-18-13(3)4)16(11-14)17-9-10-19-20(17)6-2/h9-10,13-16,18H,5-8,11-12H2,1-4H3. The predicted molar refractivity (Wildman–Crippen MR) is 84.9 cm³/mol. The molecule has 3 unspecified atom stereocenters. The number of aromatic nitrogens is 2. The van der Waals surface area contributed by atoms with Crippen molar-refractivity contribution < 1.29 is 0 Å². The van der Waals surface area contributed by atoms with Crippen LogP contribution in [0, 0.1) is 11.8 Å². The van der Waals surface area contributed by atoms with E-state index < -0.39 is 0 Å². The van der Waals surface area contributed by atoms with Crippen LogP contribution in [0.25, 0.3) is 0 Å². The minimum absolute atomic E-state index is 0.579. The van der Waals surface area contributed by atoms with Crippen molar-refractivity contribution in [2.45, 2.75) is 71.9 Å².